The Morgan fingerprint density at radius 1 is 1.05 bits per heavy atom. The summed E-state index contributed by atoms with van der Waals surface area (Å²) < 4.78 is 15.3. The third-order valence-corrected chi connectivity index (χ3v) is 7.51. The molecule has 0 atom stereocenters. The normalized spacial score (nSPS) is 19.9. The number of hydrogen-bond acceptors (Lipinski definition) is 8. The largest absolute Gasteiger partial charge is 0.508 e. The molecule has 0 aliphatic carbocycles. The molecule has 2 aliphatic heterocycles. The van der Waals surface area contributed by atoms with Crippen molar-refractivity contribution in [2.24, 2.45) is 10.3 Å². The van der Waals surface area contributed by atoms with Crippen LogP contribution in [0.15, 0.2) is 71.2 Å². The van der Waals surface area contributed by atoms with Gasteiger partial charge in [0.2, 0.25) is 5.91 Å². The number of likely N-dealkylation sites (tertiary alicyclic amines) is 1. The summed E-state index contributed by atoms with van der Waals surface area (Å²) in [6.45, 7) is 1.53. The molecular weight excluding hydrogens is 528 g/mol. The number of fused-ring (bicyclic) bond motifs is 1. The van der Waals surface area contributed by atoms with Gasteiger partial charge in [0.1, 0.15) is 35.9 Å². The maximum absolute atomic E-state index is 12.7. The molecule has 4 rings (SSSR count). The second kappa shape index (κ2) is 15.3. The maximum Gasteiger partial charge on any atom is 0.342 e. The SMILES string of the molecule is O=C1OCC/C=C/CC/C=C/C(=NSOCC(=O)N2CCC(Cc3ccccc3)CC2)Cc2cc(O)cc(O)c21. The zero-order valence-electron chi connectivity index (χ0n) is 22.5. The maximum atomic E-state index is 12.7. The Morgan fingerprint density at radius 3 is 2.60 bits per heavy atom. The molecule has 0 unspecified atom stereocenters. The summed E-state index contributed by atoms with van der Waals surface area (Å²) in [7, 11) is 0. The average molecular weight is 565 g/mol. The molecule has 0 bridgehead atoms. The van der Waals surface area contributed by atoms with Crippen LogP contribution in [0.25, 0.3) is 0 Å². The first-order valence-electron chi connectivity index (χ1n) is 13.7. The van der Waals surface area contributed by atoms with Crippen molar-refractivity contribution < 1.29 is 28.7 Å². The van der Waals surface area contributed by atoms with E-state index in [1.54, 1.807) is 0 Å². The van der Waals surface area contributed by atoms with Gasteiger partial charge in [-0.05, 0) is 67.7 Å². The highest BCUT2D eigenvalue weighted by atomic mass is 32.2. The van der Waals surface area contributed by atoms with Crippen molar-refractivity contribution in [2.45, 2.75) is 44.9 Å². The zero-order chi connectivity index (χ0) is 28.2. The van der Waals surface area contributed by atoms with Gasteiger partial charge in [-0.15, -0.1) is 0 Å². The zero-order valence-corrected chi connectivity index (χ0v) is 23.4. The van der Waals surface area contributed by atoms with E-state index in [1.807, 2.05) is 35.3 Å². The quantitative estimate of drug-likeness (QED) is 0.155. The number of carbonyl (C=O) groups excluding carboxylic acids is 2. The van der Waals surface area contributed by atoms with E-state index in [4.69, 9.17) is 8.92 Å². The molecule has 40 heavy (non-hydrogen) atoms. The van der Waals surface area contributed by atoms with Crippen molar-refractivity contribution in [3.05, 3.63) is 83.5 Å². The Balaban J connectivity index is 1.34. The molecule has 9 heteroatoms. The van der Waals surface area contributed by atoms with Crippen molar-refractivity contribution in [1.29, 1.82) is 0 Å². The van der Waals surface area contributed by atoms with E-state index < -0.39 is 5.97 Å². The summed E-state index contributed by atoms with van der Waals surface area (Å²) in [5, 5.41) is 20.4. The fraction of sp³-hybridized carbons (Fsp3) is 0.387. The summed E-state index contributed by atoms with van der Waals surface area (Å²) in [4.78, 5) is 27.3. The molecule has 8 nitrogen and oxygen atoms in total. The lowest BCUT2D eigenvalue weighted by Gasteiger charge is -2.32. The van der Waals surface area contributed by atoms with E-state index in [0.717, 1.165) is 63.5 Å². The highest BCUT2D eigenvalue weighted by molar-refractivity contribution is 7.93. The Bertz CT molecular complexity index is 1240. The summed E-state index contributed by atoms with van der Waals surface area (Å²) >= 11 is 0.817. The fourth-order valence-corrected chi connectivity index (χ4v) is 5.30. The van der Waals surface area contributed by atoms with Gasteiger partial charge < -0.3 is 19.8 Å². The minimum atomic E-state index is -0.664. The smallest absolute Gasteiger partial charge is 0.342 e. The van der Waals surface area contributed by atoms with Crippen LogP contribution in [0.1, 0.15) is 53.6 Å². The Hall–Kier alpha value is -3.56. The first-order valence-corrected chi connectivity index (χ1v) is 14.4. The van der Waals surface area contributed by atoms with Gasteiger partial charge >= 0.3 is 5.97 Å². The predicted octanol–water partition coefficient (Wildman–Crippen LogP) is 5.60. The van der Waals surface area contributed by atoms with Gasteiger partial charge in [-0.25, -0.2) is 4.79 Å². The van der Waals surface area contributed by atoms with E-state index >= 15 is 0 Å². The van der Waals surface area contributed by atoms with Crippen LogP contribution in [0.3, 0.4) is 0 Å². The molecule has 0 spiro atoms. The van der Waals surface area contributed by atoms with Crippen LogP contribution in [-0.2, 0) is 26.6 Å². The Morgan fingerprint density at radius 2 is 1.80 bits per heavy atom. The van der Waals surface area contributed by atoms with Crippen LogP contribution in [0.5, 0.6) is 11.5 Å². The minimum absolute atomic E-state index is 0.00305. The summed E-state index contributed by atoms with van der Waals surface area (Å²) in [5.41, 5.74) is 2.27. The third kappa shape index (κ3) is 8.99. The van der Waals surface area contributed by atoms with Gasteiger partial charge in [-0.2, -0.15) is 4.40 Å². The number of piperidine rings is 1. The summed E-state index contributed by atoms with van der Waals surface area (Å²) in [6, 6.07) is 13.0. The summed E-state index contributed by atoms with van der Waals surface area (Å²) in [5.74, 6) is -0.679. The predicted molar refractivity (Wildman–Crippen MR) is 156 cm³/mol. The van der Waals surface area contributed by atoms with E-state index in [9.17, 15) is 19.8 Å². The van der Waals surface area contributed by atoms with Crippen molar-refractivity contribution in [2.75, 3.05) is 26.3 Å². The lowest BCUT2D eigenvalue weighted by atomic mass is 9.90. The fourth-order valence-electron chi connectivity index (χ4n) is 4.88. The molecule has 2 heterocycles. The number of aromatic hydroxyl groups is 2. The molecular formula is C31H36N2O6S. The number of rotatable bonds is 6. The monoisotopic (exact) mass is 564 g/mol. The number of cyclic esters (lactones) is 1. The standard InChI is InChI=1S/C31H36N2O6S/c34-27-20-25-19-26(12-8-3-1-2-4-9-17-38-31(37)30(25)28(35)21-27)32-40-39-22-29(36)33-15-13-24(14-16-33)18-23-10-6-5-7-11-23/h2,4-8,10-12,20-21,24,34-35H,1,3,9,13-19,22H2/b4-2+,12-8+,32-26?. The number of phenols is 2. The highest BCUT2D eigenvalue weighted by Crippen LogP contribution is 2.29. The van der Waals surface area contributed by atoms with Gasteiger partial charge in [0.15, 0.2) is 0 Å². The minimum Gasteiger partial charge on any atom is -0.508 e. The van der Waals surface area contributed by atoms with E-state index in [1.165, 1.54) is 11.6 Å². The first-order chi connectivity index (χ1) is 19.5. The topological polar surface area (TPSA) is 109 Å². The Kier molecular flexibility index (Phi) is 11.2. The molecule has 2 aliphatic rings. The van der Waals surface area contributed by atoms with Gasteiger partial charge in [0.05, 0.1) is 12.3 Å². The van der Waals surface area contributed by atoms with Crippen LogP contribution in [0.4, 0.5) is 0 Å². The lowest BCUT2D eigenvalue weighted by molar-refractivity contribution is -0.134. The number of esters is 1. The van der Waals surface area contributed by atoms with Gasteiger partial charge in [-0.1, -0.05) is 48.6 Å². The number of benzene rings is 2. The summed E-state index contributed by atoms with van der Waals surface area (Å²) in [6.07, 6.45) is 13.1. The molecule has 1 amide bonds. The second-order valence-corrected chi connectivity index (χ2v) is 10.6. The van der Waals surface area contributed by atoms with Crippen LogP contribution < -0.4 is 0 Å². The number of phenolic OH excluding ortho intramolecular Hbond substituents is 2. The number of carbonyl (C=O) groups is 2. The number of hydrogen-bond donors (Lipinski definition) is 2. The Labute approximate surface area is 239 Å². The van der Waals surface area contributed by atoms with Gasteiger partial charge in [-0.3, -0.25) is 8.98 Å². The van der Waals surface area contributed by atoms with Crippen LogP contribution in [0.2, 0.25) is 0 Å². The van der Waals surface area contributed by atoms with E-state index in [-0.39, 0.29) is 42.6 Å². The van der Waals surface area contributed by atoms with E-state index in [2.05, 4.69) is 28.7 Å². The van der Waals surface area contributed by atoms with Crippen LogP contribution >= 0.6 is 12.2 Å². The van der Waals surface area contributed by atoms with Crippen molar-refractivity contribution >= 4 is 29.8 Å². The molecule has 0 aromatic heterocycles. The first kappa shape index (κ1) is 29.4. The van der Waals surface area contributed by atoms with E-state index in [0.29, 0.717) is 23.6 Å². The number of amides is 1. The molecule has 1 saturated heterocycles. The molecule has 2 aromatic rings. The molecule has 0 saturated carbocycles. The molecule has 2 N–H and O–H groups in total. The van der Waals surface area contributed by atoms with Gasteiger partial charge in [0, 0.05) is 25.6 Å². The number of allylic oxidation sites excluding steroid dienone is 3. The van der Waals surface area contributed by atoms with Crippen molar-refractivity contribution in [1.82, 2.24) is 4.90 Å². The molecule has 212 valence electrons. The van der Waals surface area contributed by atoms with Crippen LogP contribution in [0, 0.1) is 5.92 Å². The van der Waals surface area contributed by atoms with Crippen LogP contribution in [-0.4, -0.2) is 59.0 Å². The highest BCUT2D eigenvalue weighted by Gasteiger charge is 2.23. The lowest BCUT2D eigenvalue weighted by Crippen LogP contribution is -2.40. The van der Waals surface area contributed by atoms with Crippen molar-refractivity contribution in [3.63, 3.8) is 0 Å². The molecule has 1 fully saturated rings. The molecule has 2 aromatic carbocycles. The average Bonchev–Trinajstić information content (AvgIpc) is 2.94. The third-order valence-electron chi connectivity index (χ3n) is 6.98. The number of nitrogens with zero attached hydrogens (tertiary/aromatic N) is 2. The molecule has 0 radical (unpaired) electrons. The van der Waals surface area contributed by atoms with Crippen molar-refractivity contribution in [3.8, 4) is 11.5 Å². The van der Waals surface area contributed by atoms with Gasteiger partial charge in [0.25, 0.3) is 0 Å². The second-order valence-electron chi connectivity index (χ2n) is 9.98. The number of ether oxygens (including phenoxy) is 1.